The van der Waals surface area contributed by atoms with Crippen LogP contribution in [0.4, 0.5) is 5.69 Å². The summed E-state index contributed by atoms with van der Waals surface area (Å²) < 4.78 is 5.61. The zero-order valence-electron chi connectivity index (χ0n) is 17.5. The molecule has 0 unspecified atom stereocenters. The molecular weight excluding hydrogens is 450 g/mol. The monoisotopic (exact) mass is 467 g/mol. The second-order valence-corrected chi connectivity index (χ2v) is 8.87. The van der Waals surface area contributed by atoms with Gasteiger partial charge in [0.1, 0.15) is 22.2 Å². The van der Waals surface area contributed by atoms with Crippen molar-refractivity contribution in [3.05, 3.63) is 98.6 Å². The molecule has 0 spiro atoms. The van der Waals surface area contributed by atoms with E-state index in [2.05, 4.69) is 16.4 Å². The summed E-state index contributed by atoms with van der Waals surface area (Å²) in [5.41, 5.74) is 2.26. The number of thiazole rings is 1. The number of hydrogen-bond donors (Lipinski definition) is 1. The van der Waals surface area contributed by atoms with Crippen LogP contribution in [0.25, 0.3) is 38.6 Å². The van der Waals surface area contributed by atoms with E-state index in [-0.39, 0.29) is 0 Å². The van der Waals surface area contributed by atoms with Crippen molar-refractivity contribution in [2.24, 2.45) is 0 Å². The molecule has 160 valence electrons. The highest BCUT2D eigenvalue weighted by Gasteiger charge is 2.17. The lowest BCUT2D eigenvalue weighted by atomic mass is 10.0. The second-order valence-electron chi connectivity index (χ2n) is 7.20. The van der Waals surface area contributed by atoms with Crippen LogP contribution in [-0.2, 0) is 0 Å². The highest BCUT2D eigenvalue weighted by Crippen LogP contribution is 2.32. The van der Waals surface area contributed by atoms with Crippen molar-refractivity contribution in [2.75, 3.05) is 11.6 Å². The average Bonchev–Trinajstić information content (AvgIpc) is 3.33. The number of rotatable bonds is 5. The van der Waals surface area contributed by atoms with Gasteiger partial charge in [0.25, 0.3) is 0 Å². The summed E-state index contributed by atoms with van der Waals surface area (Å²) in [6.07, 6.45) is 1.90. The largest absolute Gasteiger partial charge is 0.422 e. The second kappa shape index (κ2) is 8.94. The molecule has 0 saturated carbocycles. The molecule has 33 heavy (non-hydrogen) atoms. The predicted molar refractivity (Wildman–Crippen MR) is 137 cm³/mol. The van der Waals surface area contributed by atoms with Gasteiger partial charge in [-0.05, 0) is 41.3 Å². The van der Waals surface area contributed by atoms with Gasteiger partial charge in [0.15, 0.2) is 0 Å². The fourth-order valence-corrected chi connectivity index (χ4v) is 5.08. The molecule has 0 bridgehead atoms. The molecule has 0 saturated heterocycles. The van der Waals surface area contributed by atoms with Crippen LogP contribution in [0.2, 0.25) is 0 Å². The molecule has 7 heteroatoms. The van der Waals surface area contributed by atoms with Gasteiger partial charge in [-0.3, -0.25) is 0 Å². The van der Waals surface area contributed by atoms with Crippen molar-refractivity contribution in [1.82, 2.24) is 4.98 Å². The summed E-state index contributed by atoms with van der Waals surface area (Å²) in [5.74, 6) is 0. The van der Waals surface area contributed by atoms with Gasteiger partial charge in [-0.15, -0.1) is 23.1 Å². The van der Waals surface area contributed by atoms with Crippen molar-refractivity contribution in [3.63, 3.8) is 0 Å². The van der Waals surface area contributed by atoms with Gasteiger partial charge in [0.05, 0.1) is 16.3 Å². The first-order valence-corrected chi connectivity index (χ1v) is 12.2. The normalized spacial score (nSPS) is 11.9. The lowest BCUT2D eigenvalue weighted by Gasteiger charge is -2.10. The van der Waals surface area contributed by atoms with E-state index in [9.17, 15) is 10.1 Å². The molecule has 0 aliphatic carbocycles. The minimum absolute atomic E-state index is 0.375. The minimum Gasteiger partial charge on any atom is -0.422 e. The summed E-state index contributed by atoms with van der Waals surface area (Å²) in [5, 5.41) is 19.1. The van der Waals surface area contributed by atoms with Gasteiger partial charge < -0.3 is 9.73 Å². The summed E-state index contributed by atoms with van der Waals surface area (Å²) >= 11 is 2.76. The lowest BCUT2D eigenvalue weighted by Crippen LogP contribution is -2.03. The molecule has 0 amide bonds. The van der Waals surface area contributed by atoms with E-state index in [4.69, 9.17) is 4.42 Å². The van der Waals surface area contributed by atoms with Gasteiger partial charge in [0, 0.05) is 16.5 Å². The molecule has 1 N–H and O–H groups in total. The highest BCUT2D eigenvalue weighted by molar-refractivity contribution is 8.02. The number of para-hydroxylation sites is 1. The Morgan fingerprint density at radius 1 is 1.06 bits per heavy atom. The maximum Gasteiger partial charge on any atom is 0.345 e. The molecule has 5 nitrogen and oxygen atoms in total. The number of fused-ring (bicyclic) bond motifs is 3. The van der Waals surface area contributed by atoms with E-state index in [1.54, 1.807) is 5.38 Å². The Kier molecular flexibility index (Phi) is 5.69. The van der Waals surface area contributed by atoms with E-state index in [1.807, 2.05) is 79.1 Å². The Hall–Kier alpha value is -3.86. The molecule has 0 aliphatic heterocycles. The topological polar surface area (TPSA) is 78.9 Å². The van der Waals surface area contributed by atoms with Crippen LogP contribution < -0.4 is 10.9 Å². The van der Waals surface area contributed by atoms with Gasteiger partial charge in [-0.2, -0.15) is 5.26 Å². The Morgan fingerprint density at radius 2 is 1.85 bits per heavy atom. The maximum absolute atomic E-state index is 12.8. The summed E-state index contributed by atoms with van der Waals surface area (Å²) in [6, 6.07) is 25.5. The molecule has 0 atom stereocenters. The van der Waals surface area contributed by atoms with Crippen molar-refractivity contribution >= 4 is 56.1 Å². The standard InChI is InChI=1S/C26H17N3O2S2/c1-32-24(28-17-8-3-2-4-9-17)21(14-27)25-29-22(15-33-25)20-13-19-18-10-6-5-7-16(18)11-12-23(19)31-26(20)30/h2-13,15,28H,1H3/b24-21-. The van der Waals surface area contributed by atoms with Gasteiger partial charge in [0.2, 0.25) is 0 Å². The summed E-state index contributed by atoms with van der Waals surface area (Å²) in [6.45, 7) is 0. The molecule has 0 radical (unpaired) electrons. The minimum atomic E-state index is -0.454. The van der Waals surface area contributed by atoms with Crippen LogP contribution in [0.1, 0.15) is 5.01 Å². The number of nitrogens with one attached hydrogen (secondary N) is 1. The molecule has 0 fully saturated rings. The Balaban J connectivity index is 1.60. The summed E-state index contributed by atoms with van der Waals surface area (Å²) in [4.78, 5) is 17.4. The third kappa shape index (κ3) is 4.02. The average molecular weight is 468 g/mol. The molecule has 2 heterocycles. The number of allylic oxidation sites excluding steroid dienone is 1. The van der Waals surface area contributed by atoms with E-state index < -0.39 is 5.63 Å². The van der Waals surface area contributed by atoms with E-state index in [1.165, 1.54) is 23.1 Å². The first-order valence-electron chi connectivity index (χ1n) is 10.1. The van der Waals surface area contributed by atoms with Crippen LogP contribution in [0.15, 0.2) is 92.4 Å². The molecule has 3 aromatic carbocycles. The van der Waals surface area contributed by atoms with Gasteiger partial charge in [-0.25, -0.2) is 9.78 Å². The zero-order valence-corrected chi connectivity index (χ0v) is 19.2. The Labute approximate surface area is 198 Å². The van der Waals surface area contributed by atoms with E-state index in [0.717, 1.165) is 21.8 Å². The first-order chi connectivity index (χ1) is 16.2. The molecular formula is C26H17N3O2S2. The predicted octanol–water partition coefficient (Wildman–Crippen LogP) is 6.74. The number of thioether (sulfide) groups is 1. The quantitative estimate of drug-likeness (QED) is 0.175. The smallest absolute Gasteiger partial charge is 0.345 e. The number of nitrogens with zero attached hydrogens (tertiary/aromatic N) is 2. The van der Waals surface area contributed by atoms with Crippen molar-refractivity contribution in [3.8, 4) is 17.3 Å². The Bertz CT molecular complexity index is 1610. The van der Waals surface area contributed by atoms with Crippen LogP contribution in [-0.4, -0.2) is 11.2 Å². The first kappa shape index (κ1) is 21.0. The molecule has 5 rings (SSSR count). The Morgan fingerprint density at radius 3 is 2.64 bits per heavy atom. The SMILES string of the molecule is CS/C(Nc1ccccc1)=C(/C#N)c1nc(-c2cc3c(ccc4ccccc43)oc2=O)cs1. The van der Waals surface area contributed by atoms with Crippen molar-refractivity contribution < 1.29 is 4.42 Å². The lowest BCUT2D eigenvalue weighted by molar-refractivity contribution is 0.563. The number of benzene rings is 3. The van der Waals surface area contributed by atoms with Crippen molar-refractivity contribution in [1.29, 1.82) is 5.26 Å². The number of hydrogen-bond acceptors (Lipinski definition) is 7. The van der Waals surface area contributed by atoms with E-state index in [0.29, 0.717) is 32.5 Å². The van der Waals surface area contributed by atoms with Crippen LogP contribution in [0.3, 0.4) is 0 Å². The summed E-state index contributed by atoms with van der Waals surface area (Å²) in [7, 11) is 0. The maximum atomic E-state index is 12.8. The highest BCUT2D eigenvalue weighted by atomic mass is 32.2. The van der Waals surface area contributed by atoms with Crippen LogP contribution >= 0.6 is 23.1 Å². The van der Waals surface area contributed by atoms with Gasteiger partial charge >= 0.3 is 5.63 Å². The third-order valence-electron chi connectivity index (χ3n) is 5.21. The molecule has 2 aromatic heterocycles. The van der Waals surface area contributed by atoms with Gasteiger partial charge in [-0.1, -0.05) is 48.5 Å². The van der Waals surface area contributed by atoms with Crippen molar-refractivity contribution in [2.45, 2.75) is 0 Å². The fraction of sp³-hybridized carbons (Fsp3) is 0.0385. The van der Waals surface area contributed by atoms with Crippen LogP contribution in [0.5, 0.6) is 0 Å². The fourth-order valence-electron chi connectivity index (χ4n) is 3.63. The number of aromatic nitrogens is 1. The number of anilines is 1. The van der Waals surface area contributed by atoms with E-state index >= 15 is 0 Å². The zero-order chi connectivity index (χ0) is 22.8. The molecule has 5 aromatic rings. The molecule has 0 aliphatic rings. The number of nitriles is 1. The van der Waals surface area contributed by atoms with Crippen LogP contribution in [0, 0.1) is 11.3 Å². The third-order valence-corrected chi connectivity index (χ3v) is 6.78.